The van der Waals surface area contributed by atoms with E-state index in [4.69, 9.17) is 4.98 Å². The highest BCUT2D eigenvalue weighted by Gasteiger charge is 2.27. The van der Waals surface area contributed by atoms with Gasteiger partial charge in [-0.25, -0.2) is 13.8 Å². The van der Waals surface area contributed by atoms with E-state index in [1.54, 1.807) is 0 Å². The smallest absolute Gasteiger partial charge is 0.259 e. The van der Waals surface area contributed by atoms with Gasteiger partial charge in [0, 0.05) is 32.7 Å². The van der Waals surface area contributed by atoms with Crippen LogP contribution in [0.1, 0.15) is 21.7 Å². The van der Waals surface area contributed by atoms with Gasteiger partial charge < -0.3 is 9.47 Å². The van der Waals surface area contributed by atoms with Gasteiger partial charge in [-0.3, -0.25) is 9.69 Å². The van der Waals surface area contributed by atoms with Crippen molar-refractivity contribution >= 4 is 16.9 Å². The number of carbonyl (C=O) groups is 1. The molecule has 1 amide bonds. The molecule has 1 fully saturated rings. The Labute approximate surface area is 190 Å². The Morgan fingerprint density at radius 1 is 0.788 bits per heavy atom. The molecular formula is C26H24F2N4O. The predicted molar refractivity (Wildman–Crippen MR) is 123 cm³/mol. The van der Waals surface area contributed by atoms with Crippen LogP contribution in [0.25, 0.3) is 11.0 Å². The highest BCUT2D eigenvalue weighted by atomic mass is 19.1. The first-order valence-electron chi connectivity index (χ1n) is 11.0. The van der Waals surface area contributed by atoms with Crippen LogP contribution in [0.15, 0.2) is 72.8 Å². The molecule has 2 heterocycles. The van der Waals surface area contributed by atoms with E-state index in [9.17, 15) is 13.6 Å². The molecule has 1 aromatic heterocycles. The first kappa shape index (κ1) is 21.3. The van der Waals surface area contributed by atoms with Gasteiger partial charge in [-0.15, -0.1) is 0 Å². The molecule has 7 heteroatoms. The zero-order valence-electron chi connectivity index (χ0n) is 18.1. The van der Waals surface area contributed by atoms with Crippen molar-refractivity contribution < 1.29 is 13.6 Å². The van der Waals surface area contributed by atoms with Crippen molar-refractivity contribution in [3.63, 3.8) is 0 Å². The SMILES string of the molecule is O=C(c1c(F)cccc1F)N1CCN(Cc2nc3ccccc3n2Cc2ccccc2)CC1. The summed E-state index contributed by atoms with van der Waals surface area (Å²) in [7, 11) is 0. The van der Waals surface area contributed by atoms with Crippen molar-refractivity contribution in [3.05, 3.63) is 101 Å². The van der Waals surface area contributed by atoms with Gasteiger partial charge in [0.2, 0.25) is 0 Å². The number of piperazine rings is 1. The summed E-state index contributed by atoms with van der Waals surface area (Å²) in [6, 6.07) is 21.9. The molecule has 1 saturated heterocycles. The number of rotatable bonds is 5. The van der Waals surface area contributed by atoms with Crippen molar-refractivity contribution in [1.29, 1.82) is 0 Å². The van der Waals surface area contributed by atoms with Crippen molar-refractivity contribution in [1.82, 2.24) is 19.4 Å². The summed E-state index contributed by atoms with van der Waals surface area (Å²) in [5.74, 6) is -1.28. The average Bonchev–Trinajstić information content (AvgIpc) is 3.17. The lowest BCUT2D eigenvalue weighted by molar-refractivity contribution is 0.0615. The second-order valence-corrected chi connectivity index (χ2v) is 8.25. The van der Waals surface area contributed by atoms with Crippen molar-refractivity contribution in [2.75, 3.05) is 26.2 Å². The summed E-state index contributed by atoms with van der Waals surface area (Å²) < 4.78 is 30.3. The number of amides is 1. The number of para-hydroxylation sites is 2. The summed E-state index contributed by atoms with van der Waals surface area (Å²) in [5.41, 5.74) is 2.76. The van der Waals surface area contributed by atoms with Gasteiger partial charge in [-0.2, -0.15) is 0 Å². The number of fused-ring (bicyclic) bond motifs is 1. The molecule has 33 heavy (non-hydrogen) atoms. The molecule has 0 radical (unpaired) electrons. The topological polar surface area (TPSA) is 41.4 Å². The van der Waals surface area contributed by atoms with Gasteiger partial charge in [0.25, 0.3) is 5.91 Å². The lowest BCUT2D eigenvalue weighted by Crippen LogP contribution is -2.48. The Kier molecular flexibility index (Phi) is 5.88. The zero-order chi connectivity index (χ0) is 22.8. The lowest BCUT2D eigenvalue weighted by atomic mass is 10.1. The first-order chi connectivity index (χ1) is 16.1. The third kappa shape index (κ3) is 4.36. The third-order valence-corrected chi connectivity index (χ3v) is 6.12. The van der Waals surface area contributed by atoms with Gasteiger partial charge in [-0.1, -0.05) is 48.5 Å². The van der Waals surface area contributed by atoms with Gasteiger partial charge >= 0.3 is 0 Å². The maximum atomic E-state index is 14.0. The summed E-state index contributed by atoms with van der Waals surface area (Å²) >= 11 is 0. The van der Waals surface area contributed by atoms with Crippen LogP contribution in [-0.4, -0.2) is 51.4 Å². The minimum Gasteiger partial charge on any atom is -0.336 e. The summed E-state index contributed by atoms with van der Waals surface area (Å²) in [6.07, 6.45) is 0. The van der Waals surface area contributed by atoms with Crippen molar-refractivity contribution in [2.45, 2.75) is 13.1 Å². The molecule has 0 aliphatic carbocycles. The molecule has 5 rings (SSSR count). The number of halogens is 2. The Hall–Kier alpha value is -3.58. The van der Waals surface area contributed by atoms with Crippen LogP contribution >= 0.6 is 0 Å². The highest BCUT2D eigenvalue weighted by molar-refractivity contribution is 5.94. The maximum Gasteiger partial charge on any atom is 0.259 e. The van der Waals surface area contributed by atoms with E-state index >= 15 is 0 Å². The second kappa shape index (κ2) is 9.11. The highest BCUT2D eigenvalue weighted by Crippen LogP contribution is 2.21. The van der Waals surface area contributed by atoms with Crippen LogP contribution in [0.2, 0.25) is 0 Å². The van der Waals surface area contributed by atoms with Crippen LogP contribution < -0.4 is 0 Å². The fourth-order valence-electron chi connectivity index (χ4n) is 4.36. The Morgan fingerprint density at radius 2 is 1.45 bits per heavy atom. The molecule has 0 bridgehead atoms. The molecule has 1 aliphatic rings. The molecule has 5 nitrogen and oxygen atoms in total. The number of carbonyl (C=O) groups excluding carboxylic acids is 1. The van der Waals surface area contributed by atoms with Crippen LogP contribution in [0.3, 0.4) is 0 Å². The van der Waals surface area contributed by atoms with E-state index < -0.39 is 23.1 Å². The monoisotopic (exact) mass is 446 g/mol. The summed E-state index contributed by atoms with van der Waals surface area (Å²) in [5, 5.41) is 0. The number of imidazole rings is 1. The molecule has 0 N–H and O–H groups in total. The van der Waals surface area contributed by atoms with E-state index in [0.29, 0.717) is 32.7 Å². The Balaban J connectivity index is 1.31. The number of hydrogen-bond donors (Lipinski definition) is 0. The molecule has 168 valence electrons. The summed E-state index contributed by atoms with van der Waals surface area (Å²) in [4.78, 5) is 21.3. The minimum atomic E-state index is -0.822. The number of hydrogen-bond acceptors (Lipinski definition) is 3. The van der Waals surface area contributed by atoms with Crippen LogP contribution in [0.5, 0.6) is 0 Å². The van der Waals surface area contributed by atoms with Crippen molar-refractivity contribution in [3.8, 4) is 0 Å². The lowest BCUT2D eigenvalue weighted by Gasteiger charge is -2.34. The second-order valence-electron chi connectivity index (χ2n) is 8.25. The predicted octanol–water partition coefficient (Wildman–Crippen LogP) is 4.32. The Bertz CT molecular complexity index is 1260. The molecule has 4 aromatic rings. The van der Waals surface area contributed by atoms with Crippen LogP contribution in [-0.2, 0) is 13.1 Å². The van der Waals surface area contributed by atoms with Gasteiger partial charge in [0.1, 0.15) is 23.0 Å². The average molecular weight is 447 g/mol. The maximum absolute atomic E-state index is 14.0. The molecule has 0 atom stereocenters. The Morgan fingerprint density at radius 3 is 2.18 bits per heavy atom. The zero-order valence-corrected chi connectivity index (χ0v) is 18.1. The quantitative estimate of drug-likeness (QED) is 0.459. The number of nitrogens with zero attached hydrogens (tertiary/aromatic N) is 4. The van der Waals surface area contributed by atoms with E-state index in [1.807, 2.05) is 36.4 Å². The summed E-state index contributed by atoms with van der Waals surface area (Å²) in [6.45, 7) is 3.39. The van der Waals surface area contributed by atoms with Gasteiger partial charge in [0.05, 0.1) is 17.6 Å². The normalized spacial score (nSPS) is 14.7. The molecule has 0 saturated carbocycles. The standard InChI is InChI=1S/C26H24F2N4O/c27-20-9-6-10-21(28)25(20)26(33)31-15-13-30(14-16-31)18-24-29-22-11-4-5-12-23(22)32(24)17-19-7-2-1-3-8-19/h1-12H,13-18H2. The van der Waals surface area contributed by atoms with E-state index in [-0.39, 0.29) is 0 Å². The fraction of sp³-hybridized carbons (Fsp3) is 0.231. The van der Waals surface area contributed by atoms with Crippen molar-refractivity contribution in [2.24, 2.45) is 0 Å². The van der Waals surface area contributed by atoms with Gasteiger partial charge in [-0.05, 0) is 29.8 Å². The van der Waals surface area contributed by atoms with Crippen LogP contribution in [0, 0.1) is 11.6 Å². The number of benzene rings is 3. The molecular weight excluding hydrogens is 422 g/mol. The molecule has 0 spiro atoms. The fourth-order valence-corrected chi connectivity index (χ4v) is 4.36. The van der Waals surface area contributed by atoms with E-state index in [0.717, 1.165) is 35.5 Å². The minimum absolute atomic E-state index is 0.408. The molecule has 3 aromatic carbocycles. The molecule has 0 unspecified atom stereocenters. The first-order valence-corrected chi connectivity index (χ1v) is 11.0. The van der Waals surface area contributed by atoms with E-state index in [2.05, 4.69) is 27.7 Å². The largest absolute Gasteiger partial charge is 0.336 e. The van der Waals surface area contributed by atoms with E-state index in [1.165, 1.54) is 16.5 Å². The molecule has 1 aliphatic heterocycles. The van der Waals surface area contributed by atoms with Crippen LogP contribution in [0.4, 0.5) is 8.78 Å². The number of aromatic nitrogens is 2. The van der Waals surface area contributed by atoms with Gasteiger partial charge in [0.15, 0.2) is 0 Å². The third-order valence-electron chi connectivity index (χ3n) is 6.12.